The van der Waals surface area contributed by atoms with Crippen LogP contribution < -0.4 is 4.74 Å². The summed E-state index contributed by atoms with van der Waals surface area (Å²) in [6, 6.07) is 18.2. The number of aliphatic hydroxyl groups is 1. The monoisotopic (exact) mass is 613 g/mol. The summed E-state index contributed by atoms with van der Waals surface area (Å²) >= 11 is 6.16. The summed E-state index contributed by atoms with van der Waals surface area (Å²) in [5.41, 5.74) is 5.10. The molecule has 0 unspecified atom stereocenters. The molecule has 2 aliphatic heterocycles. The Morgan fingerprint density at radius 2 is 1.89 bits per heavy atom. The van der Waals surface area contributed by atoms with Crippen LogP contribution in [0.2, 0.25) is 5.02 Å². The highest BCUT2D eigenvalue weighted by Crippen LogP contribution is 2.39. The summed E-state index contributed by atoms with van der Waals surface area (Å²) in [4.78, 5) is 23.2. The van der Waals surface area contributed by atoms with Crippen LogP contribution in [0.3, 0.4) is 0 Å². The van der Waals surface area contributed by atoms with E-state index in [-0.39, 0.29) is 12.0 Å². The van der Waals surface area contributed by atoms with Gasteiger partial charge in [-0.05, 0) is 86.6 Å². The number of pyridine rings is 1. The quantitative estimate of drug-likeness (QED) is 0.288. The molecule has 1 amide bonds. The molecule has 3 aliphatic rings. The molecule has 6 rings (SSSR count). The standard InChI is InChI=1S/C37H44ClN3O3/c1-37(2,43)28-14-17-35-33(22-28)31(32-10-6-19-39-34(32)25-44-35)11-7-20-40-21-18-30(24-40)41(23-26-12-15-29(38)16-13-26)36(42)27-8-4-3-5-9-27/h6,10-17,19,22,27,30,43H,3-5,7-9,18,20-21,23-25H2,1-2H3/b31-11+/t30-/m0/s1. The molecular weight excluding hydrogens is 570 g/mol. The van der Waals surface area contributed by atoms with Crippen LogP contribution in [-0.2, 0) is 23.5 Å². The SMILES string of the molecule is CC(C)(O)c1ccc2c(c1)/C(=C/CCN1CC[C@H](N(Cc3ccc(Cl)cc3)C(=O)C3CCCCC3)C1)c1cccnc1CO2. The lowest BCUT2D eigenvalue weighted by molar-refractivity contribution is -0.139. The fourth-order valence-electron chi connectivity index (χ4n) is 6.97. The second-order valence-electron chi connectivity index (χ2n) is 13.1. The van der Waals surface area contributed by atoms with Gasteiger partial charge in [-0.25, -0.2) is 0 Å². The number of halogens is 1. The van der Waals surface area contributed by atoms with E-state index in [9.17, 15) is 9.90 Å². The smallest absolute Gasteiger partial charge is 0.226 e. The van der Waals surface area contributed by atoms with E-state index in [4.69, 9.17) is 16.3 Å². The van der Waals surface area contributed by atoms with Gasteiger partial charge in [0.2, 0.25) is 5.91 Å². The van der Waals surface area contributed by atoms with Crippen LogP contribution in [0.25, 0.3) is 5.57 Å². The number of carbonyl (C=O) groups is 1. The van der Waals surface area contributed by atoms with Crippen LogP contribution >= 0.6 is 11.6 Å². The molecule has 0 bridgehead atoms. The van der Waals surface area contributed by atoms with Gasteiger partial charge in [-0.3, -0.25) is 9.78 Å². The maximum atomic E-state index is 13.9. The van der Waals surface area contributed by atoms with Crippen molar-refractivity contribution in [3.8, 4) is 5.75 Å². The van der Waals surface area contributed by atoms with E-state index in [2.05, 4.69) is 33.0 Å². The maximum Gasteiger partial charge on any atom is 0.226 e. The van der Waals surface area contributed by atoms with Gasteiger partial charge in [0.05, 0.1) is 11.3 Å². The highest BCUT2D eigenvalue weighted by Gasteiger charge is 2.34. The molecule has 7 heteroatoms. The zero-order valence-electron chi connectivity index (χ0n) is 26.0. The number of hydrogen-bond donors (Lipinski definition) is 1. The van der Waals surface area contributed by atoms with E-state index < -0.39 is 5.60 Å². The van der Waals surface area contributed by atoms with Crippen molar-refractivity contribution in [2.24, 2.45) is 5.92 Å². The van der Waals surface area contributed by atoms with E-state index in [1.165, 1.54) is 6.42 Å². The Bertz CT molecular complexity index is 1490. The lowest BCUT2D eigenvalue weighted by Crippen LogP contribution is -2.45. The molecule has 0 radical (unpaired) electrons. The Kier molecular flexibility index (Phi) is 9.41. The lowest BCUT2D eigenvalue weighted by Gasteiger charge is -2.34. The number of aromatic nitrogens is 1. The molecule has 1 aromatic heterocycles. The molecule has 2 fully saturated rings. The van der Waals surface area contributed by atoms with Gasteiger partial charge in [0.15, 0.2) is 0 Å². The average Bonchev–Trinajstić information content (AvgIpc) is 3.44. The number of ether oxygens (including phenoxy) is 1. The molecule has 232 valence electrons. The molecule has 3 aromatic rings. The highest BCUT2D eigenvalue weighted by atomic mass is 35.5. The third-order valence-electron chi connectivity index (χ3n) is 9.51. The Balaban J connectivity index is 1.19. The number of likely N-dealkylation sites (tertiary alicyclic amines) is 1. The van der Waals surface area contributed by atoms with E-state index in [0.717, 1.165) is 102 Å². The van der Waals surface area contributed by atoms with Gasteiger partial charge >= 0.3 is 0 Å². The Labute approximate surface area is 266 Å². The Morgan fingerprint density at radius 3 is 2.66 bits per heavy atom. The van der Waals surface area contributed by atoms with Gasteiger partial charge in [0.25, 0.3) is 0 Å². The summed E-state index contributed by atoms with van der Waals surface area (Å²) in [5.74, 6) is 1.28. The molecule has 1 atom stereocenters. The Morgan fingerprint density at radius 1 is 1.09 bits per heavy atom. The molecule has 6 nitrogen and oxygen atoms in total. The number of fused-ring (bicyclic) bond motifs is 2. The van der Waals surface area contributed by atoms with Crippen molar-refractivity contribution in [2.75, 3.05) is 19.6 Å². The molecule has 2 aromatic carbocycles. The van der Waals surface area contributed by atoms with Gasteiger partial charge in [-0.15, -0.1) is 0 Å². The number of rotatable bonds is 8. The first kappa shape index (κ1) is 30.8. The van der Waals surface area contributed by atoms with Crippen LogP contribution in [0.4, 0.5) is 0 Å². The molecule has 0 spiro atoms. The molecule has 3 heterocycles. The van der Waals surface area contributed by atoms with E-state index >= 15 is 0 Å². The van der Waals surface area contributed by atoms with Gasteiger partial charge < -0.3 is 19.6 Å². The van der Waals surface area contributed by atoms with Crippen molar-refractivity contribution in [1.82, 2.24) is 14.8 Å². The molecule has 1 saturated heterocycles. The topological polar surface area (TPSA) is 65.9 Å². The van der Waals surface area contributed by atoms with Gasteiger partial charge in [0.1, 0.15) is 12.4 Å². The van der Waals surface area contributed by atoms with Crippen LogP contribution in [-0.4, -0.2) is 51.5 Å². The number of benzene rings is 2. The van der Waals surface area contributed by atoms with E-state index in [0.29, 0.717) is 19.1 Å². The van der Waals surface area contributed by atoms with E-state index in [1.807, 2.05) is 62.5 Å². The minimum Gasteiger partial charge on any atom is -0.487 e. The predicted octanol–water partition coefficient (Wildman–Crippen LogP) is 7.36. The summed E-state index contributed by atoms with van der Waals surface area (Å²) < 4.78 is 6.18. The first-order valence-electron chi connectivity index (χ1n) is 16.2. The van der Waals surface area contributed by atoms with Crippen molar-refractivity contribution in [2.45, 2.75) is 83.6 Å². The van der Waals surface area contributed by atoms with Crippen molar-refractivity contribution < 1.29 is 14.6 Å². The molecule has 44 heavy (non-hydrogen) atoms. The minimum atomic E-state index is -0.957. The molecule has 1 aliphatic carbocycles. The molecule has 1 N–H and O–H groups in total. The van der Waals surface area contributed by atoms with Crippen molar-refractivity contribution in [3.05, 3.63) is 99.8 Å². The number of hydrogen-bond acceptors (Lipinski definition) is 5. The van der Waals surface area contributed by atoms with Crippen LogP contribution in [0.5, 0.6) is 5.75 Å². The lowest BCUT2D eigenvalue weighted by atomic mass is 9.87. The third kappa shape index (κ3) is 7.03. The zero-order valence-corrected chi connectivity index (χ0v) is 26.7. The fraction of sp³-hybridized carbons (Fsp3) is 0.459. The summed E-state index contributed by atoms with van der Waals surface area (Å²) in [6.45, 7) is 7.44. The first-order valence-corrected chi connectivity index (χ1v) is 16.6. The second-order valence-corrected chi connectivity index (χ2v) is 13.6. The summed E-state index contributed by atoms with van der Waals surface area (Å²) in [7, 11) is 0. The van der Waals surface area contributed by atoms with Gasteiger partial charge in [-0.2, -0.15) is 0 Å². The average molecular weight is 614 g/mol. The number of amides is 1. The highest BCUT2D eigenvalue weighted by molar-refractivity contribution is 6.30. The molecule has 1 saturated carbocycles. The van der Waals surface area contributed by atoms with Crippen LogP contribution in [0.15, 0.2) is 66.9 Å². The summed E-state index contributed by atoms with van der Waals surface area (Å²) in [5, 5.41) is 11.5. The normalized spacial score (nSPS) is 20.1. The Hall–Kier alpha value is -3.19. The third-order valence-corrected chi connectivity index (χ3v) is 9.76. The second kappa shape index (κ2) is 13.4. The van der Waals surface area contributed by atoms with E-state index in [1.54, 1.807) is 0 Å². The fourth-order valence-corrected chi connectivity index (χ4v) is 7.10. The zero-order chi connectivity index (χ0) is 30.7. The van der Waals surface area contributed by atoms with Crippen LogP contribution in [0, 0.1) is 5.92 Å². The first-order chi connectivity index (χ1) is 21.3. The van der Waals surface area contributed by atoms with Crippen molar-refractivity contribution in [1.29, 1.82) is 0 Å². The molecular formula is C37H44ClN3O3. The minimum absolute atomic E-state index is 0.148. The number of carbonyl (C=O) groups excluding carboxylic acids is 1. The van der Waals surface area contributed by atoms with Crippen LogP contribution in [0.1, 0.15) is 86.7 Å². The summed E-state index contributed by atoms with van der Waals surface area (Å²) in [6.07, 6.45) is 11.5. The van der Waals surface area contributed by atoms with Crippen molar-refractivity contribution >= 4 is 23.1 Å². The number of nitrogens with zero attached hydrogens (tertiary/aromatic N) is 3. The van der Waals surface area contributed by atoms with Gasteiger partial charge in [-0.1, -0.05) is 61.2 Å². The largest absolute Gasteiger partial charge is 0.487 e. The predicted molar refractivity (Wildman–Crippen MR) is 175 cm³/mol. The maximum absolute atomic E-state index is 13.9. The van der Waals surface area contributed by atoms with Crippen molar-refractivity contribution in [3.63, 3.8) is 0 Å². The van der Waals surface area contributed by atoms with Gasteiger partial charge in [0, 0.05) is 60.5 Å².